The van der Waals surface area contributed by atoms with Crippen LogP contribution in [-0.4, -0.2) is 85.1 Å². The van der Waals surface area contributed by atoms with Gasteiger partial charge >= 0.3 is 5.69 Å². The van der Waals surface area contributed by atoms with Crippen molar-refractivity contribution >= 4 is 23.8 Å². The predicted molar refractivity (Wildman–Crippen MR) is 166 cm³/mol. The van der Waals surface area contributed by atoms with Crippen LogP contribution < -0.4 is 25.7 Å². The summed E-state index contributed by atoms with van der Waals surface area (Å²) in [5.41, 5.74) is 5.08. The highest BCUT2D eigenvalue weighted by Crippen LogP contribution is 2.28. The van der Waals surface area contributed by atoms with E-state index in [1.165, 1.54) is 38.0 Å². The molecule has 1 saturated carbocycles. The minimum atomic E-state index is -0.456. The van der Waals surface area contributed by atoms with Crippen LogP contribution >= 0.6 is 0 Å². The van der Waals surface area contributed by atoms with Gasteiger partial charge in [0, 0.05) is 50.7 Å². The van der Waals surface area contributed by atoms with Gasteiger partial charge in [0.05, 0.1) is 30.7 Å². The van der Waals surface area contributed by atoms with Crippen molar-refractivity contribution in [3.8, 4) is 11.4 Å². The number of hydrazone groups is 1. The van der Waals surface area contributed by atoms with Crippen molar-refractivity contribution in [3.63, 3.8) is 0 Å². The van der Waals surface area contributed by atoms with E-state index in [1.54, 1.807) is 27.7 Å². The number of rotatable bonds is 12. The molecule has 6 rings (SSSR count). The van der Waals surface area contributed by atoms with E-state index < -0.39 is 6.29 Å². The highest BCUT2D eigenvalue weighted by molar-refractivity contribution is 6.14. The molecule has 234 valence electrons. The topological polar surface area (TPSA) is 122 Å². The van der Waals surface area contributed by atoms with E-state index >= 15 is 4.39 Å². The van der Waals surface area contributed by atoms with E-state index in [2.05, 4.69) is 25.4 Å². The van der Waals surface area contributed by atoms with Crippen LogP contribution in [0.15, 0.2) is 58.7 Å². The van der Waals surface area contributed by atoms with Gasteiger partial charge in [-0.15, -0.1) is 0 Å². The zero-order valence-electron chi connectivity index (χ0n) is 24.7. The number of hydrogen-bond donors (Lipinski definition) is 2. The average Bonchev–Trinajstić information content (AvgIpc) is 3.82. The lowest BCUT2D eigenvalue weighted by molar-refractivity contribution is -0.0602. The zero-order valence-corrected chi connectivity index (χ0v) is 24.7. The van der Waals surface area contributed by atoms with Gasteiger partial charge in [0.2, 0.25) is 0 Å². The molecule has 0 spiro atoms. The van der Waals surface area contributed by atoms with Crippen molar-refractivity contribution in [3.05, 3.63) is 65.1 Å². The van der Waals surface area contributed by atoms with Crippen LogP contribution in [-0.2, 0) is 16.0 Å². The number of nitrogens with zero attached hydrogens (tertiary/aromatic N) is 6. The van der Waals surface area contributed by atoms with Crippen LogP contribution in [0.4, 0.5) is 15.8 Å². The Kier molecular flexibility index (Phi) is 9.51. The van der Waals surface area contributed by atoms with Crippen molar-refractivity contribution in [2.75, 3.05) is 55.7 Å². The van der Waals surface area contributed by atoms with E-state index in [0.29, 0.717) is 50.1 Å². The maximum atomic E-state index is 15.1. The Morgan fingerprint density at radius 1 is 1.07 bits per heavy atom. The van der Waals surface area contributed by atoms with Crippen LogP contribution in [0.25, 0.3) is 5.69 Å². The van der Waals surface area contributed by atoms with Crippen molar-refractivity contribution < 1.29 is 18.6 Å². The second-order valence-corrected chi connectivity index (χ2v) is 11.4. The predicted octanol–water partition coefficient (Wildman–Crippen LogP) is 3.04. The second-order valence-electron chi connectivity index (χ2n) is 11.4. The van der Waals surface area contributed by atoms with Crippen molar-refractivity contribution in [2.45, 2.75) is 44.6 Å². The van der Waals surface area contributed by atoms with E-state index in [4.69, 9.17) is 19.6 Å². The van der Waals surface area contributed by atoms with Gasteiger partial charge in [-0.05, 0) is 55.2 Å². The van der Waals surface area contributed by atoms with E-state index in [0.717, 1.165) is 30.7 Å². The number of anilines is 2. The molecule has 2 aliphatic heterocycles. The summed E-state index contributed by atoms with van der Waals surface area (Å²) in [5, 5.41) is 15.1. The average molecular weight is 607 g/mol. The summed E-state index contributed by atoms with van der Waals surface area (Å²) in [5.74, 6) is 0.662. The first kappa shape index (κ1) is 29.8. The van der Waals surface area contributed by atoms with Gasteiger partial charge in [0.15, 0.2) is 6.29 Å². The van der Waals surface area contributed by atoms with Gasteiger partial charge in [-0.3, -0.25) is 0 Å². The minimum Gasteiger partial charge on any atom is -0.491 e. The molecule has 3 aliphatic rings. The lowest BCUT2D eigenvalue weighted by atomic mass is 10.1. The number of hydrogen-bond acceptors (Lipinski definition) is 10. The molecule has 0 amide bonds. The molecule has 3 heterocycles. The monoisotopic (exact) mass is 606 g/mol. The zero-order chi connectivity index (χ0) is 30.3. The number of halogens is 1. The smallest absolute Gasteiger partial charge is 0.350 e. The van der Waals surface area contributed by atoms with Gasteiger partial charge in [-0.25, -0.2) is 18.4 Å². The Morgan fingerprint density at radius 3 is 2.57 bits per heavy atom. The molecule has 44 heavy (non-hydrogen) atoms. The maximum absolute atomic E-state index is 15.1. The number of piperazine rings is 1. The summed E-state index contributed by atoms with van der Waals surface area (Å²) >= 11 is 0. The Balaban J connectivity index is 0.974. The standard InChI is InChI=1S/C31H39FN8O4/c32-28-17-26(42-20-27-21-43-30(44-27)18-35-34-12-11-33)9-10-29(28)38-15-13-37(14-16-38)24-5-7-25(8-6-24)39-22-36-40(31(39)41)19-23-3-1-2-4-23/h5-12,17,22-23,27,30,33,35H,1-4,13-16,18-21H2/b33-11?,34-12-. The van der Waals surface area contributed by atoms with Gasteiger partial charge < -0.3 is 34.8 Å². The van der Waals surface area contributed by atoms with Gasteiger partial charge in [0.25, 0.3) is 0 Å². The summed E-state index contributed by atoms with van der Waals surface area (Å²) in [4.78, 5) is 17.2. The Bertz CT molecular complexity index is 1480. The fourth-order valence-corrected chi connectivity index (χ4v) is 6.05. The van der Waals surface area contributed by atoms with Crippen LogP contribution in [0.5, 0.6) is 5.75 Å². The molecule has 3 aromatic rings. The van der Waals surface area contributed by atoms with Crippen LogP contribution in [0.1, 0.15) is 25.7 Å². The lowest BCUT2D eigenvalue weighted by Gasteiger charge is -2.37. The first-order chi connectivity index (χ1) is 21.6. The molecule has 2 aromatic carbocycles. The molecule has 2 unspecified atom stereocenters. The molecule has 2 saturated heterocycles. The van der Waals surface area contributed by atoms with Crippen LogP contribution in [0.3, 0.4) is 0 Å². The third kappa shape index (κ3) is 7.11. The fourth-order valence-electron chi connectivity index (χ4n) is 6.05. The van der Waals surface area contributed by atoms with Gasteiger partial charge in [-0.2, -0.15) is 10.2 Å². The molecule has 1 aromatic heterocycles. The van der Waals surface area contributed by atoms with Crippen molar-refractivity contribution in [2.24, 2.45) is 11.0 Å². The van der Waals surface area contributed by atoms with E-state index in [1.807, 2.05) is 24.3 Å². The third-order valence-corrected chi connectivity index (χ3v) is 8.42. The quantitative estimate of drug-likeness (QED) is 0.238. The minimum absolute atomic E-state index is 0.0959. The molecule has 0 radical (unpaired) electrons. The first-order valence-corrected chi connectivity index (χ1v) is 15.3. The SMILES string of the molecule is N=C/C=N\NCC1OCC(COc2ccc(N3CCN(c4ccc(-n5cnn(CC6CCCC6)c5=O)cc4)CC3)c(F)c2)O1. The summed E-state index contributed by atoms with van der Waals surface area (Å²) in [7, 11) is 0. The number of benzene rings is 2. The third-order valence-electron chi connectivity index (χ3n) is 8.42. The normalized spacial score (nSPS) is 20.9. The summed E-state index contributed by atoms with van der Waals surface area (Å²) in [6.45, 7) is 4.52. The fraction of sp³-hybridized carbons (Fsp3) is 0.484. The van der Waals surface area contributed by atoms with E-state index in [9.17, 15) is 4.79 Å². The molecule has 0 bridgehead atoms. The number of ether oxygens (including phenoxy) is 3. The highest BCUT2D eigenvalue weighted by atomic mass is 19.1. The first-order valence-electron chi connectivity index (χ1n) is 15.3. The molecule has 2 N–H and O–H groups in total. The van der Waals surface area contributed by atoms with Gasteiger partial charge in [0.1, 0.15) is 30.6 Å². The number of aromatic nitrogens is 3. The Labute approximate surface area is 255 Å². The molecular formula is C31H39FN8O4. The van der Waals surface area contributed by atoms with E-state index in [-0.39, 0.29) is 24.2 Å². The van der Waals surface area contributed by atoms with Gasteiger partial charge in [-0.1, -0.05) is 12.8 Å². The molecule has 2 atom stereocenters. The summed E-state index contributed by atoms with van der Waals surface area (Å²) < 4.78 is 35.4. The molecule has 3 fully saturated rings. The molecule has 12 nitrogen and oxygen atoms in total. The Morgan fingerprint density at radius 2 is 1.82 bits per heavy atom. The Hall–Kier alpha value is -4.23. The molecule has 13 heteroatoms. The maximum Gasteiger partial charge on any atom is 0.350 e. The van der Waals surface area contributed by atoms with Crippen LogP contribution in [0, 0.1) is 17.1 Å². The van der Waals surface area contributed by atoms with Crippen molar-refractivity contribution in [1.29, 1.82) is 5.41 Å². The summed E-state index contributed by atoms with van der Waals surface area (Å²) in [6, 6.07) is 12.9. The molecule has 1 aliphatic carbocycles. The number of nitrogens with one attached hydrogen (secondary N) is 2. The largest absolute Gasteiger partial charge is 0.491 e. The summed E-state index contributed by atoms with van der Waals surface area (Å²) in [6.07, 6.45) is 8.12. The van der Waals surface area contributed by atoms with Crippen molar-refractivity contribution in [1.82, 2.24) is 19.8 Å². The highest BCUT2D eigenvalue weighted by Gasteiger charge is 2.27. The lowest BCUT2D eigenvalue weighted by Crippen LogP contribution is -2.46. The second kappa shape index (κ2) is 14.0. The van der Waals surface area contributed by atoms with Crippen LogP contribution in [0.2, 0.25) is 0 Å². The molecular weight excluding hydrogens is 567 g/mol.